The number of thioether (sulfide) groups is 1. The van der Waals surface area contributed by atoms with Gasteiger partial charge in [-0.15, -0.1) is 5.10 Å². The van der Waals surface area contributed by atoms with Crippen molar-refractivity contribution in [2.75, 3.05) is 6.61 Å². The summed E-state index contributed by atoms with van der Waals surface area (Å²) in [6, 6.07) is 8.19. The zero-order valence-corrected chi connectivity index (χ0v) is 12.2. The highest BCUT2D eigenvalue weighted by atomic mass is 32.2. The van der Waals surface area contributed by atoms with Crippen LogP contribution in [0.15, 0.2) is 29.4 Å². The average molecular weight is 277 g/mol. The molecule has 0 saturated carbocycles. The highest BCUT2D eigenvalue weighted by Crippen LogP contribution is 2.22. The molecule has 0 amide bonds. The monoisotopic (exact) mass is 277 g/mol. The van der Waals surface area contributed by atoms with Crippen molar-refractivity contribution < 1.29 is 4.74 Å². The van der Waals surface area contributed by atoms with Gasteiger partial charge in [0.25, 0.3) is 0 Å². The van der Waals surface area contributed by atoms with E-state index in [1.165, 1.54) is 5.56 Å². The summed E-state index contributed by atoms with van der Waals surface area (Å²) < 4.78 is 5.62. The van der Waals surface area contributed by atoms with Gasteiger partial charge in [0.2, 0.25) is 5.16 Å². The van der Waals surface area contributed by atoms with Crippen LogP contribution in [0.5, 0.6) is 5.75 Å². The molecule has 0 radical (unpaired) electrons. The van der Waals surface area contributed by atoms with Gasteiger partial charge in [0.1, 0.15) is 11.6 Å². The topological polar surface area (TPSA) is 50.8 Å². The third-order valence-corrected chi connectivity index (χ3v) is 3.50. The van der Waals surface area contributed by atoms with E-state index in [1.807, 2.05) is 12.1 Å². The van der Waals surface area contributed by atoms with Crippen molar-refractivity contribution in [3.63, 3.8) is 0 Å². The molecule has 19 heavy (non-hydrogen) atoms. The largest absolute Gasteiger partial charge is 0.494 e. The van der Waals surface area contributed by atoms with E-state index < -0.39 is 0 Å². The van der Waals surface area contributed by atoms with E-state index in [-0.39, 0.29) is 0 Å². The Balaban J connectivity index is 1.91. The first-order valence-corrected chi connectivity index (χ1v) is 7.56. The molecule has 102 valence electrons. The minimum Gasteiger partial charge on any atom is -0.494 e. The number of benzene rings is 1. The highest BCUT2D eigenvalue weighted by Gasteiger charge is 2.03. The van der Waals surface area contributed by atoms with Crippen LogP contribution in [0.2, 0.25) is 0 Å². The molecule has 2 aromatic rings. The maximum absolute atomic E-state index is 5.62. The third kappa shape index (κ3) is 4.28. The van der Waals surface area contributed by atoms with Crippen LogP contribution < -0.4 is 4.74 Å². The van der Waals surface area contributed by atoms with Crippen LogP contribution in [0.25, 0.3) is 0 Å². The first-order chi connectivity index (χ1) is 9.31. The molecule has 2 rings (SSSR count). The lowest BCUT2D eigenvalue weighted by Gasteiger charge is -2.06. The first kappa shape index (κ1) is 13.9. The standard InChI is InChI=1S/C14H19N3OS/c1-3-8-18-12-7-5-6-11(9-12)10-19-14-15-13(4-2)16-17-14/h5-7,9H,3-4,8,10H2,1-2H3,(H,15,16,17). The number of aromatic amines is 1. The summed E-state index contributed by atoms with van der Waals surface area (Å²) in [6.07, 6.45) is 1.91. The van der Waals surface area contributed by atoms with Crippen molar-refractivity contribution in [2.45, 2.75) is 37.6 Å². The van der Waals surface area contributed by atoms with E-state index >= 15 is 0 Å². The Morgan fingerprint density at radius 3 is 2.95 bits per heavy atom. The van der Waals surface area contributed by atoms with Crippen molar-refractivity contribution >= 4 is 11.8 Å². The smallest absolute Gasteiger partial charge is 0.208 e. The van der Waals surface area contributed by atoms with E-state index in [9.17, 15) is 0 Å². The summed E-state index contributed by atoms with van der Waals surface area (Å²) in [5.74, 6) is 2.72. The summed E-state index contributed by atoms with van der Waals surface area (Å²) in [4.78, 5) is 4.38. The molecule has 1 aromatic heterocycles. The first-order valence-electron chi connectivity index (χ1n) is 6.57. The second-order valence-electron chi connectivity index (χ2n) is 4.20. The van der Waals surface area contributed by atoms with Gasteiger partial charge in [-0.25, -0.2) is 4.98 Å². The predicted octanol–water partition coefficient (Wildman–Crippen LogP) is 3.45. The molecule has 4 nitrogen and oxygen atoms in total. The molecular formula is C14H19N3OS. The quantitative estimate of drug-likeness (QED) is 0.788. The number of rotatable bonds is 7. The molecule has 0 unspecified atom stereocenters. The minimum atomic E-state index is 0.761. The van der Waals surface area contributed by atoms with E-state index in [1.54, 1.807) is 11.8 Å². The summed E-state index contributed by atoms with van der Waals surface area (Å²) in [6.45, 7) is 4.93. The SMILES string of the molecule is CCCOc1cccc(CSc2n[nH]c(CC)n2)c1. The molecule has 0 aliphatic heterocycles. The number of H-pyrrole nitrogens is 1. The Morgan fingerprint density at radius 2 is 2.21 bits per heavy atom. The molecular weight excluding hydrogens is 258 g/mol. The summed E-state index contributed by atoms with van der Waals surface area (Å²) >= 11 is 1.63. The van der Waals surface area contributed by atoms with Crippen molar-refractivity contribution in [1.82, 2.24) is 15.2 Å². The van der Waals surface area contributed by atoms with Gasteiger partial charge in [-0.1, -0.05) is 37.7 Å². The fraction of sp³-hybridized carbons (Fsp3) is 0.429. The van der Waals surface area contributed by atoms with Gasteiger partial charge in [0.15, 0.2) is 0 Å². The van der Waals surface area contributed by atoms with E-state index in [0.717, 1.165) is 41.9 Å². The number of hydrogen-bond acceptors (Lipinski definition) is 4. The van der Waals surface area contributed by atoms with Gasteiger partial charge in [0, 0.05) is 12.2 Å². The van der Waals surface area contributed by atoms with Crippen LogP contribution in [0.4, 0.5) is 0 Å². The van der Waals surface area contributed by atoms with Crippen LogP contribution in [-0.4, -0.2) is 21.8 Å². The normalized spacial score (nSPS) is 10.6. The number of aromatic nitrogens is 3. The number of hydrogen-bond donors (Lipinski definition) is 1. The van der Waals surface area contributed by atoms with E-state index in [2.05, 4.69) is 41.2 Å². The summed E-state index contributed by atoms with van der Waals surface area (Å²) in [5.41, 5.74) is 1.22. The second-order valence-corrected chi connectivity index (χ2v) is 5.15. The molecule has 5 heteroatoms. The average Bonchev–Trinajstić information content (AvgIpc) is 2.91. The van der Waals surface area contributed by atoms with E-state index in [4.69, 9.17) is 4.74 Å². The molecule has 1 heterocycles. The van der Waals surface area contributed by atoms with Gasteiger partial charge in [-0.2, -0.15) is 0 Å². The summed E-state index contributed by atoms with van der Waals surface area (Å²) in [5, 5.41) is 7.90. The number of nitrogens with zero attached hydrogens (tertiary/aromatic N) is 2. The predicted molar refractivity (Wildman–Crippen MR) is 77.5 cm³/mol. The molecule has 0 aliphatic rings. The van der Waals surface area contributed by atoms with Gasteiger partial charge in [0.05, 0.1) is 6.61 Å². The van der Waals surface area contributed by atoms with Gasteiger partial charge in [-0.05, 0) is 24.1 Å². The molecule has 1 aromatic carbocycles. The fourth-order valence-corrected chi connectivity index (χ4v) is 2.35. The van der Waals surface area contributed by atoms with Gasteiger partial charge >= 0.3 is 0 Å². The molecule has 0 atom stereocenters. The molecule has 0 aliphatic carbocycles. The lowest BCUT2D eigenvalue weighted by Crippen LogP contribution is -1.95. The Kier molecular flexibility index (Phi) is 5.27. The molecule has 1 N–H and O–H groups in total. The van der Waals surface area contributed by atoms with Crippen LogP contribution in [0.1, 0.15) is 31.7 Å². The van der Waals surface area contributed by atoms with Crippen molar-refractivity contribution in [3.8, 4) is 5.75 Å². The van der Waals surface area contributed by atoms with Gasteiger partial charge in [-0.3, -0.25) is 5.10 Å². The van der Waals surface area contributed by atoms with E-state index in [0.29, 0.717) is 0 Å². The highest BCUT2D eigenvalue weighted by molar-refractivity contribution is 7.98. The van der Waals surface area contributed by atoms with Crippen LogP contribution in [-0.2, 0) is 12.2 Å². The fourth-order valence-electron chi connectivity index (χ4n) is 1.59. The maximum Gasteiger partial charge on any atom is 0.208 e. The molecule has 0 fully saturated rings. The maximum atomic E-state index is 5.62. The molecule has 0 spiro atoms. The Bertz CT molecular complexity index is 513. The molecule has 0 saturated heterocycles. The van der Waals surface area contributed by atoms with Crippen molar-refractivity contribution in [2.24, 2.45) is 0 Å². The molecule has 0 bridgehead atoms. The van der Waals surface area contributed by atoms with Crippen LogP contribution in [0, 0.1) is 0 Å². The number of nitrogens with one attached hydrogen (secondary N) is 1. The zero-order valence-electron chi connectivity index (χ0n) is 11.3. The number of ether oxygens (including phenoxy) is 1. The Labute approximate surface area is 118 Å². The van der Waals surface area contributed by atoms with Crippen LogP contribution in [0.3, 0.4) is 0 Å². The van der Waals surface area contributed by atoms with Crippen molar-refractivity contribution in [1.29, 1.82) is 0 Å². The number of aryl methyl sites for hydroxylation is 1. The van der Waals surface area contributed by atoms with Crippen LogP contribution >= 0.6 is 11.8 Å². The Hall–Kier alpha value is -1.49. The second kappa shape index (κ2) is 7.19. The summed E-state index contributed by atoms with van der Waals surface area (Å²) in [7, 11) is 0. The zero-order chi connectivity index (χ0) is 13.5. The lowest BCUT2D eigenvalue weighted by atomic mass is 10.2. The lowest BCUT2D eigenvalue weighted by molar-refractivity contribution is 0.317. The van der Waals surface area contributed by atoms with Crippen molar-refractivity contribution in [3.05, 3.63) is 35.7 Å². The Morgan fingerprint density at radius 1 is 1.32 bits per heavy atom. The van der Waals surface area contributed by atoms with Gasteiger partial charge < -0.3 is 4.74 Å². The minimum absolute atomic E-state index is 0.761. The third-order valence-electron chi connectivity index (χ3n) is 2.59.